The first-order chi connectivity index (χ1) is 8.61. The molecule has 0 aliphatic carbocycles. The lowest BCUT2D eigenvalue weighted by Crippen LogP contribution is -2.40. The minimum Gasteiger partial charge on any atom is -0.378 e. The molecule has 1 aromatic rings. The maximum Gasteiger partial charge on any atom is 0.232 e. The summed E-state index contributed by atoms with van der Waals surface area (Å²) >= 11 is 1.41. The van der Waals surface area contributed by atoms with Gasteiger partial charge in [0.25, 0.3) is 0 Å². The fourth-order valence-electron chi connectivity index (χ4n) is 1.70. The van der Waals surface area contributed by atoms with Crippen LogP contribution >= 0.6 is 11.8 Å². The summed E-state index contributed by atoms with van der Waals surface area (Å²) in [6.45, 7) is 0. The number of nitrogens with one attached hydrogen (secondary N) is 1. The van der Waals surface area contributed by atoms with Crippen LogP contribution in [0, 0.1) is 0 Å². The SMILES string of the molecule is CN(C)c1ccc(N(C=O)C2NC(=O)CS2)cc1. The summed E-state index contributed by atoms with van der Waals surface area (Å²) in [7, 11) is 3.92. The third-order valence-electron chi connectivity index (χ3n) is 2.69. The maximum absolute atomic E-state index is 11.2. The Bertz CT molecular complexity index is 447. The highest BCUT2D eigenvalue weighted by atomic mass is 32.2. The molecule has 96 valence electrons. The monoisotopic (exact) mass is 265 g/mol. The number of carbonyl (C=O) groups excluding carboxylic acids is 2. The molecule has 1 fully saturated rings. The highest BCUT2D eigenvalue weighted by Crippen LogP contribution is 2.25. The molecule has 1 N–H and O–H groups in total. The van der Waals surface area contributed by atoms with Crippen molar-refractivity contribution in [1.29, 1.82) is 0 Å². The van der Waals surface area contributed by atoms with Gasteiger partial charge in [-0.05, 0) is 24.3 Å². The third-order valence-corrected chi connectivity index (χ3v) is 3.78. The first-order valence-corrected chi connectivity index (χ1v) is 6.58. The summed E-state index contributed by atoms with van der Waals surface area (Å²) in [4.78, 5) is 25.8. The van der Waals surface area contributed by atoms with Crippen molar-refractivity contribution >= 4 is 35.5 Å². The van der Waals surface area contributed by atoms with E-state index in [4.69, 9.17) is 0 Å². The molecule has 5 nitrogen and oxygen atoms in total. The quantitative estimate of drug-likeness (QED) is 0.821. The Morgan fingerprint density at radius 2 is 1.89 bits per heavy atom. The molecule has 1 saturated heterocycles. The number of benzene rings is 1. The van der Waals surface area contributed by atoms with Crippen molar-refractivity contribution in [2.75, 3.05) is 29.6 Å². The zero-order valence-corrected chi connectivity index (χ0v) is 11.1. The molecule has 1 atom stereocenters. The summed E-state index contributed by atoms with van der Waals surface area (Å²) < 4.78 is 0. The molecule has 6 heteroatoms. The molecule has 1 aromatic carbocycles. The van der Waals surface area contributed by atoms with Gasteiger partial charge in [-0.2, -0.15) is 0 Å². The Kier molecular flexibility index (Phi) is 3.76. The van der Waals surface area contributed by atoms with Crippen LogP contribution in [-0.2, 0) is 9.59 Å². The maximum atomic E-state index is 11.2. The number of nitrogens with zero attached hydrogens (tertiary/aromatic N) is 2. The van der Waals surface area contributed by atoms with Gasteiger partial charge in [-0.1, -0.05) is 0 Å². The normalized spacial score (nSPS) is 18.3. The number of hydrogen-bond donors (Lipinski definition) is 1. The van der Waals surface area contributed by atoms with Gasteiger partial charge in [-0.15, -0.1) is 11.8 Å². The van der Waals surface area contributed by atoms with Crippen molar-refractivity contribution in [2.24, 2.45) is 0 Å². The Morgan fingerprint density at radius 1 is 1.28 bits per heavy atom. The third kappa shape index (κ3) is 2.59. The van der Waals surface area contributed by atoms with Crippen molar-refractivity contribution in [3.05, 3.63) is 24.3 Å². The van der Waals surface area contributed by atoms with Crippen LogP contribution in [0.1, 0.15) is 0 Å². The average Bonchev–Trinajstić information content (AvgIpc) is 2.77. The number of anilines is 2. The summed E-state index contributed by atoms with van der Waals surface area (Å²) in [6.07, 6.45) is 0.744. The number of amides is 2. The largest absolute Gasteiger partial charge is 0.378 e. The fraction of sp³-hybridized carbons (Fsp3) is 0.333. The minimum atomic E-state index is -0.305. The van der Waals surface area contributed by atoms with Crippen LogP contribution in [0.3, 0.4) is 0 Å². The topological polar surface area (TPSA) is 52.6 Å². The summed E-state index contributed by atoms with van der Waals surface area (Å²) in [6, 6.07) is 7.62. The Morgan fingerprint density at radius 3 is 2.33 bits per heavy atom. The van der Waals surface area contributed by atoms with E-state index in [2.05, 4.69) is 5.32 Å². The standard InChI is InChI=1S/C12H15N3O2S/c1-14(2)9-3-5-10(6-4-9)15(8-16)12-13-11(17)7-18-12/h3-6,8,12H,7H2,1-2H3,(H,13,17). The lowest BCUT2D eigenvalue weighted by molar-refractivity contribution is -0.118. The Labute approximate surface area is 110 Å². The van der Waals surface area contributed by atoms with Gasteiger partial charge in [0.1, 0.15) is 0 Å². The van der Waals surface area contributed by atoms with Crippen molar-refractivity contribution in [3.63, 3.8) is 0 Å². The van der Waals surface area contributed by atoms with Gasteiger partial charge in [0.2, 0.25) is 12.3 Å². The molecule has 0 saturated carbocycles. The van der Waals surface area contributed by atoms with E-state index in [0.29, 0.717) is 5.75 Å². The van der Waals surface area contributed by atoms with Gasteiger partial charge in [0.15, 0.2) is 5.50 Å². The first kappa shape index (κ1) is 12.8. The molecule has 1 heterocycles. The van der Waals surface area contributed by atoms with Crippen LogP contribution in [0.4, 0.5) is 11.4 Å². The number of thioether (sulfide) groups is 1. The summed E-state index contributed by atoms with van der Waals surface area (Å²) in [5.74, 6) is 0.354. The zero-order chi connectivity index (χ0) is 13.1. The van der Waals surface area contributed by atoms with Crippen LogP contribution in [0.25, 0.3) is 0 Å². The van der Waals surface area contributed by atoms with Crippen molar-refractivity contribution < 1.29 is 9.59 Å². The summed E-state index contributed by atoms with van der Waals surface area (Å²) in [5, 5.41) is 2.75. The van der Waals surface area contributed by atoms with E-state index in [1.54, 1.807) is 0 Å². The first-order valence-electron chi connectivity index (χ1n) is 5.54. The number of rotatable bonds is 4. The minimum absolute atomic E-state index is 0.0400. The van der Waals surface area contributed by atoms with E-state index in [1.165, 1.54) is 16.7 Å². The van der Waals surface area contributed by atoms with Gasteiger partial charge in [0, 0.05) is 25.5 Å². The second-order valence-corrected chi connectivity index (χ2v) is 5.22. The molecular weight excluding hydrogens is 250 g/mol. The van der Waals surface area contributed by atoms with E-state index >= 15 is 0 Å². The molecule has 0 radical (unpaired) electrons. The highest BCUT2D eigenvalue weighted by Gasteiger charge is 2.27. The predicted molar refractivity (Wildman–Crippen MR) is 73.7 cm³/mol. The van der Waals surface area contributed by atoms with Gasteiger partial charge in [0.05, 0.1) is 5.75 Å². The molecular formula is C12H15N3O2S. The molecule has 1 aliphatic heterocycles. The van der Waals surface area contributed by atoms with E-state index in [1.807, 2.05) is 43.3 Å². The predicted octanol–water partition coefficient (Wildman–Crippen LogP) is 0.862. The molecule has 0 spiro atoms. The summed E-state index contributed by atoms with van der Waals surface area (Å²) in [5.41, 5.74) is 1.53. The smallest absolute Gasteiger partial charge is 0.232 e. The van der Waals surface area contributed by atoms with Crippen LogP contribution in [0.2, 0.25) is 0 Å². The molecule has 2 rings (SSSR count). The van der Waals surface area contributed by atoms with Crippen LogP contribution in [0.15, 0.2) is 24.3 Å². The second kappa shape index (κ2) is 5.30. The van der Waals surface area contributed by atoms with E-state index in [9.17, 15) is 9.59 Å². The van der Waals surface area contributed by atoms with Crippen LogP contribution < -0.4 is 15.1 Å². The Balaban J connectivity index is 2.17. The molecule has 18 heavy (non-hydrogen) atoms. The molecule has 1 unspecified atom stereocenters. The Hall–Kier alpha value is -1.69. The molecule has 1 aliphatic rings. The highest BCUT2D eigenvalue weighted by molar-refractivity contribution is 8.01. The van der Waals surface area contributed by atoms with Crippen LogP contribution in [0.5, 0.6) is 0 Å². The average molecular weight is 265 g/mol. The van der Waals surface area contributed by atoms with Crippen LogP contribution in [-0.4, -0.2) is 37.7 Å². The fourth-order valence-corrected chi connectivity index (χ4v) is 2.64. The van der Waals surface area contributed by atoms with Crippen molar-refractivity contribution in [2.45, 2.75) is 5.50 Å². The molecule has 0 aromatic heterocycles. The number of hydrogen-bond acceptors (Lipinski definition) is 4. The number of carbonyl (C=O) groups is 2. The van der Waals surface area contributed by atoms with Crippen molar-refractivity contribution in [3.8, 4) is 0 Å². The van der Waals surface area contributed by atoms with Gasteiger partial charge in [-0.3, -0.25) is 14.5 Å². The van der Waals surface area contributed by atoms with E-state index in [0.717, 1.165) is 17.8 Å². The van der Waals surface area contributed by atoms with Crippen molar-refractivity contribution in [1.82, 2.24) is 5.32 Å². The van der Waals surface area contributed by atoms with Gasteiger partial charge in [-0.25, -0.2) is 0 Å². The molecule has 0 bridgehead atoms. The van der Waals surface area contributed by atoms with Gasteiger partial charge >= 0.3 is 0 Å². The van der Waals surface area contributed by atoms with Gasteiger partial charge < -0.3 is 10.2 Å². The van der Waals surface area contributed by atoms with E-state index in [-0.39, 0.29) is 11.4 Å². The van der Waals surface area contributed by atoms with E-state index < -0.39 is 0 Å². The lowest BCUT2D eigenvalue weighted by atomic mass is 10.2. The second-order valence-electron chi connectivity index (χ2n) is 4.15. The lowest BCUT2D eigenvalue weighted by Gasteiger charge is -2.24. The zero-order valence-electron chi connectivity index (χ0n) is 10.3. The molecule has 2 amide bonds.